The zero-order valence-electron chi connectivity index (χ0n) is 33.2. The number of likely N-dealkylation sites (N-methyl/N-ethyl adjacent to an activating group) is 1. The van der Waals surface area contributed by atoms with E-state index in [-0.39, 0.29) is 22.7 Å². The summed E-state index contributed by atoms with van der Waals surface area (Å²) in [6.07, 6.45) is 15.2. The van der Waals surface area contributed by atoms with E-state index in [0.717, 1.165) is 75.8 Å². The molecule has 2 fully saturated rings. The number of amides is 1. The number of carbonyl (C=O) groups is 1. The van der Waals surface area contributed by atoms with Crippen LogP contribution in [0.5, 0.6) is 5.75 Å². The van der Waals surface area contributed by atoms with E-state index >= 15 is 0 Å². The molecule has 1 aliphatic carbocycles. The molecule has 4 aliphatic rings. The third-order valence-electron chi connectivity index (χ3n) is 12.2. The number of methoxy groups -OCH3 is 1. The maximum Gasteiger partial charge on any atom is 0.260 e. The summed E-state index contributed by atoms with van der Waals surface area (Å²) in [5.41, 5.74) is 2.85. The Morgan fingerprint density at radius 2 is 1.83 bits per heavy atom. The third-order valence-corrected chi connectivity index (χ3v) is 14.2. The molecule has 0 radical (unpaired) electrons. The summed E-state index contributed by atoms with van der Waals surface area (Å²) in [7, 11) is 3.68. The van der Waals surface area contributed by atoms with Crippen LogP contribution >= 0.6 is 22.3 Å². The van der Waals surface area contributed by atoms with E-state index in [4.69, 9.17) is 21.1 Å². The van der Waals surface area contributed by atoms with Crippen molar-refractivity contribution in [2.24, 2.45) is 17.8 Å². The Kier molecular flexibility index (Phi) is 16.3. The number of hydrogen-bond acceptors (Lipinski definition) is 6. The quantitative estimate of drug-likeness (QED) is 0.227. The van der Waals surface area contributed by atoms with E-state index in [1.165, 1.54) is 49.7 Å². The van der Waals surface area contributed by atoms with Gasteiger partial charge < -0.3 is 24.4 Å². The highest BCUT2D eigenvalue weighted by molar-refractivity contribution is 8.13. The molecule has 0 aromatic heterocycles. The first-order chi connectivity index (χ1) is 25.6. The lowest BCUT2D eigenvalue weighted by atomic mass is 9.64. The number of allylic oxidation sites excluding steroid dienone is 1. The van der Waals surface area contributed by atoms with Gasteiger partial charge in [0.1, 0.15) is 11.4 Å². The average molecular weight is 768 g/mol. The van der Waals surface area contributed by atoms with Gasteiger partial charge in [-0.2, -0.15) is 0 Å². The highest BCUT2D eigenvalue weighted by Gasteiger charge is 2.47. The van der Waals surface area contributed by atoms with Crippen LogP contribution in [0.25, 0.3) is 0 Å². The molecule has 2 N–H and O–H groups in total. The van der Waals surface area contributed by atoms with Gasteiger partial charge >= 0.3 is 0 Å². The Labute approximate surface area is 328 Å². The van der Waals surface area contributed by atoms with Crippen molar-refractivity contribution in [2.75, 3.05) is 66.6 Å². The summed E-state index contributed by atoms with van der Waals surface area (Å²) in [6.45, 7) is 14.3. The maximum atomic E-state index is 13.3. The van der Waals surface area contributed by atoms with Gasteiger partial charge in [-0.25, -0.2) is 0 Å². The van der Waals surface area contributed by atoms with Gasteiger partial charge in [0.05, 0.1) is 6.61 Å². The van der Waals surface area contributed by atoms with Crippen LogP contribution in [0.3, 0.4) is 0 Å². The van der Waals surface area contributed by atoms with Gasteiger partial charge in [-0.3, -0.25) is 9.69 Å². The van der Waals surface area contributed by atoms with Crippen molar-refractivity contribution in [3.05, 3.63) is 76.3 Å². The molecule has 2 bridgehead atoms. The van der Waals surface area contributed by atoms with Crippen molar-refractivity contribution in [1.29, 1.82) is 0 Å². The number of benzene rings is 2. The van der Waals surface area contributed by atoms with Crippen molar-refractivity contribution < 1.29 is 14.3 Å². The van der Waals surface area contributed by atoms with Gasteiger partial charge in [-0.1, -0.05) is 86.4 Å². The van der Waals surface area contributed by atoms with Crippen LogP contribution in [0, 0.1) is 17.8 Å². The first-order valence-electron chi connectivity index (χ1n) is 20.3. The average Bonchev–Trinajstić information content (AvgIpc) is 3.14. The fourth-order valence-electron chi connectivity index (χ4n) is 8.60. The van der Waals surface area contributed by atoms with Gasteiger partial charge in [-0.15, -0.1) is 0 Å². The third kappa shape index (κ3) is 11.7. The van der Waals surface area contributed by atoms with Crippen LogP contribution in [0.4, 0.5) is 0 Å². The van der Waals surface area contributed by atoms with Gasteiger partial charge in [0, 0.05) is 61.6 Å². The lowest BCUT2D eigenvalue weighted by Crippen LogP contribution is -2.56. The molecule has 2 aromatic rings. The van der Waals surface area contributed by atoms with Crippen LogP contribution in [0.2, 0.25) is 5.02 Å². The minimum Gasteiger partial charge on any atom is -0.493 e. The van der Waals surface area contributed by atoms with E-state index in [1.807, 2.05) is 37.4 Å². The number of halogens is 1. The number of nitrogens with zero attached hydrogens (tertiary/aromatic N) is 2. The minimum atomic E-state index is -0.534. The van der Waals surface area contributed by atoms with E-state index in [0.29, 0.717) is 29.9 Å². The SMILES string of the molecule is C=S1NC(=O)c2ccc(cc2)OCC(c2ccc(Cl)cc2CCC)CN(C)CC2CCC2C(CN2CCCCCCNCC2)(OC)/C=C/CC(C)C1C. The number of carbonyl (C=O) groups excluding carboxylic acids is 1. The van der Waals surface area contributed by atoms with Gasteiger partial charge in [-0.05, 0) is 124 Å². The van der Waals surface area contributed by atoms with Crippen molar-refractivity contribution in [3.63, 3.8) is 0 Å². The van der Waals surface area contributed by atoms with Crippen molar-refractivity contribution in [2.45, 2.75) is 95.3 Å². The van der Waals surface area contributed by atoms with Crippen LogP contribution in [-0.4, -0.2) is 99.0 Å². The summed E-state index contributed by atoms with van der Waals surface area (Å²) in [5.74, 6) is 6.54. The number of aryl methyl sites for hydroxylation is 1. The van der Waals surface area contributed by atoms with Gasteiger partial charge in [0.2, 0.25) is 0 Å². The Bertz CT molecular complexity index is 1490. The molecular formula is C44H67ClN4O3S. The fourth-order valence-corrected chi connectivity index (χ4v) is 10.0. The van der Waals surface area contributed by atoms with E-state index in [2.05, 4.69) is 77.8 Å². The smallest absolute Gasteiger partial charge is 0.260 e. The molecule has 7 atom stereocenters. The molecule has 0 spiro atoms. The molecule has 6 rings (SSSR count). The molecule has 1 saturated heterocycles. The Morgan fingerprint density at radius 3 is 2.57 bits per heavy atom. The molecular weight excluding hydrogens is 700 g/mol. The van der Waals surface area contributed by atoms with Crippen LogP contribution in [0.15, 0.2) is 54.6 Å². The molecule has 7 unspecified atom stereocenters. The van der Waals surface area contributed by atoms with Crippen molar-refractivity contribution in [3.8, 4) is 5.75 Å². The molecule has 294 valence electrons. The summed E-state index contributed by atoms with van der Waals surface area (Å²) in [6, 6.07) is 13.9. The lowest BCUT2D eigenvalue weighted by Gasteiger charge is -2.51. The highest BCUT2D eigenvalue weighted by Crippen LogP contribution is 2.46. The number of fused-ring (bicyclic) bond motifs is 14. The molecule has 7 nitrogen and oxygen atoms in total. The normalized spacial score (nSPS) is 31.2. The fraction of sp³-hybridized carbons (Fsp3) is 0.636. The Balaban J connectivity index is 1.46. The number of nitrogens with one attached hydrogen (secondary N) is 2. The molecule has 9 heteroatoms. The molecule has 3 aliphatic heterocycles. The summed E-state index contributed by atoms with van der Waals surface area (Å²) >= 11 is 6.53. The highest BCUT2D eigenvalue weighted by atomic mass is 35.5. The molecule has 1 saturated carbocycles. The van der Waals surface area contributed by atoms with Gasteiger partial charge in [0.25, 0.3) is 5.91 Å². The Hall–Kier alpha value is -2.20. The summed E-state index contributed by atoms with van der Waals surface area (Å²) in [5, 5.41) is 4.68. The monoisotopic (exact) mass is 766 g/mol. The topological polar surface area (TPSA) is 66.1 Å². The largest absolute Gasteiger partial charge is 0.493 e. The Morgan fingerprint density at radius 1 is 1.04 bits per heavy atom. The lowest BCUT2D eigenvalue weighted by molar-refractivity contribution is -0.0979. The van der Waals surface area contributed by atoms with Crippen LogP contribution < -0.4 is 14.8 Å². The second-order valence-electron chi connectivity index (χ2n) is 16.1. The van der Waals surface area contributed by atoms with Crippen molar-refractivity contribution in [1.82, 2.24) is 19.8 Å². The zero-order valence-corrected chi connectivity index (χ0v) is 34.8. The van der Waals surface area contributed by atoms with E-state index < -0.39 is 10.7 Å². The molecule has 2 aromatic carbocycles. The predicted molar refractivity (Wildman–Crippen MR) is 226 cm³/mol. The molecule has 3 heterocycles. The zero-order chi connectivity index (χ0) is 37.8. The summed E-state index contributed by atoms with van der Waals surface area (Å²) in [4.78, 5) is 18.5. The van der Waals surface area contributed by atoms with Crippen molar-refractivity contribution >= 4 is 34.0 Å². The first kappa shape index (κ1) is 42.0. The predicted octanol–water partition coefficient (Wildman–Crippen LogP) is 8.59. The number of ether oxygens (including phenoxy) is 2. The number of hydrogen-bond donors (Lipinski definition) is 2. The summed E-state index contributed by atoms with van der Waals surface area (Å²) < 4.78 is 16.5. The van der Waals surface area contributed by atoms with Crippen LogP contribution in [-0.2, 0) is 11.2 Å². The van der Waals surface area contributed by atoms with Gasteiger partial charge in [0.15, 0.2) is 0 Å². The van der Waals surface area contributed by atoms with E-state index in [9.17, 15) is 4.79 Å². The first-order valence-corrected chi connectivity index (χ1v) is 22.1. The maximum absolute atomic E-state index is 13.3. The molecule has 1 amide bonds. The second-order valence-corrected chi connectivity index (χ2v) is 18.3. The van der Waals surface area contributed by atoms with E-state index in [1.54, 1.807) is 0 Å². The minimum absolute atomic E-state index is 0.0936. The number of rotatable bonds is 6. The molecule has 53 heavy (non-hydrogen) atoms. The van der Waals surface area contributed by atoms with Crippen LogP contribution in [0.1, 0.15) is 99.5 Å². The standard InChI is InChI=1S/C44H67ClN4O3S/c1-7-13-36-28-39(45)18-21-41(36)38-30-48(4)29-37-17-22-42(37)44(51-5,32-49-26-11-9-8-10-24-46-25-27-49)23-12-14-33(2)34(3)53(6)47-43(50)35-15-19-40(20-16-35)52-31-38/h12,15-16,18-21,23,28,33-34,37-38,42,46H,6-11,13-14,17,22,24-27,29-32H2,1-5H3,(H,47,50)/b23-12+. The second kappa shape index (κ2) is 20.6.